The molecule has 1 saturated heterocycles. The molecular formula is C7H17N3O. The highest BCUT2D eigenvalue weighted by Gasteiger charge is 2.07. The van der Waals surface area contributed by atoms with Gasteiger partial charge in [0.05, 0.1) is 6.61 Å². The molecule has 4 nitrogen and oxygen atoms in total. The average Bonchev–Trinajstić information content (AvgIpc) is 2.07. The molecule has 4 heteroatoms. The Morgan fingerprint density at radius 2 is 2.09 bits per heavy atom. The van der Waals surface area contributed by atoms with Gasteiger partial charge in [0.15, 0.2) is 0 Å². The van der Waals surface area contributed by atoms with Crippen LogP contribution in [0.2, 0.25) is 0 Å². The van der Waals surface area contributed by atoms with Gasteiger partial charge in [-0.15, -0.1) is 0 Å². The molecule has 0 aromatic heterocycles. The van der Waals surface area contributed by atoms with Crippen molar-refractivity contribution >= 4 is 0 Å². The van der Waals surface area contributed by atoms with Crippen LogP contribution in [-0.2, 0) is 4.84 Å². The molecule has 0 saturated carbocycles. The summed E-state index contributed by atoms with van der Waals surface area (Å²) < 4.78 is 0. The molecule has 1 fully saturated rings. The van der Waals surface area contributed by atoms with E-state index in [0.717, 1.165) is 39.1 Å². The summed E-state index contributed by atoms with van der Waals surface area (Å²) in [6.45, 7) is 6.32. The lowest BCUT2D eigenvalue weighted by atomic mass is 10.3. The summed E-state index contributed by atoms with van der Waals surface area (Å²) in [5.41, 5.74) is 0. The quantitative estimate of drug-likeness (QED) is 0.415. The molecule has 0 unspecified atom stereocenters. The summed E-state index contributed by atoms with van der Waals surface area (Å²) in [7, 11) is 0. The van der Waals surface area contributed by atoms with Gasteiger partial charge in [0.2, 0.25) is 0 Å². The number of piperazine rings is 1. The zero-order valence-corrected chi connectivity index (χ0v) is 6.88. The summed E-state index contributed by atoms with van der Waals surface area (Å²) >= 11 is 0. The fourth-order valence-electron chi connectivity index (χ4n) is 1.31. The van der Waals surface area contributed by atoms with Crippen LogP contribution < -0.4 is 11.2 Å². The summed E-state index contributed by atoms with van der Waals surface area (Å²) in [4.78, 5) is 6.92. The molecule has 1 aliphatic rings. The van der Waals surface area contributed by atoms with Crippen LogP contribution in [0.15, 0.2) is 0 Å². The average molecular weight is 159 g/mol. The normalized spacial score (nSPS) is 20.5. The number of nitrogens with two attached hydrogens (primary N) is 1. The molecule has 0 aliphatic carbocycles. The predicted molar refractivity (Wildman–Crippen MR) is 44.1 cm³/mol. The van der Waals surface area contributed by atoms with Crippen LogP contribution in [0.1, 0.15) is 6.42 Å². The molecule has 0 amide bonds. The number of hydrogen-bond acceptors (Lipinski definition) is 4. The first kappa shape index (κ1) is 8.93. The van der Waals surface area contributed by atoms with Crippen LogP contribution in [-0.4, -0.2) is 44.2 Å². The topological polar surface area (TPSA) is 50.5 Å². The lowest BCUT2D eigenvalue weighted by Gasteiger charge is -2.26. The lowest BCUT2D eigenvalue weighted by Crippen LogP contribution is -2.43. The molecular weight excluding hydrogens is 142 g/mol. The third-order valence-corrected chi connectivity index (χ3v) is 1.95. The van der Waals surface area contributed by atoms with Gasteiger partial charge in [0.25, 0.3) is 0 Å². The van der Waals surface area contributed by atoms with E-state index in [1.807, 2.05) is 0 Å². The van der Waals surface area contributed by atoms with Crippen molar-refractivity contribution in [1.29, 1.82) is 0 Å². The molecule has 1 heterocycles. The zero-order valence-electron chi connectivity index (χ0n) is 6.88. The zero-order chi connectivity index (χ0) is 7.94. The fourth-order valence-corrected chi connectivity index (χ4v) is 1.31. The molecule has 3 N–H and O–H groups in total. The SMILES string of the molecule is NOCCCN1CCNCC1. The first-order chi connectivity index (χ1) is 5.43. The first-order valence-corrected chi connectivity index (χ1v) is 4.18. The Balaban J connectivity index is 1.96. The van der Waals surface area contributed by atoms with Gasteiger partial charge in [-0.3, -0.25) is 0 Å². The highest BCUT2D eigenvalue weighted by atomic mass is 16.6. The van der Waals surface area contributed by atoms with E-state index in [4.69, 9.17) is 5.90 Å². The maximum absolute atomic E-state index is 4.91. The van der Waals surface area contributed by atoms with Crippen molar-refractivity contribution in [3.05, 3.63) is 0 Å². The van der Waals surface area contributed by atoms with Crippen molar-refractivity contribution in [2.24, 2.45) is 5.90 Å². The van der Waals surface area contributed by atoms with E-state index in [-0.39, 0.29) is 0 Å². The van der Waals surface area contributed by atoms with Crippen molar-refractivity contribution < 1.29 is 4.84 Å². The number of nitrogens with one attached hydrogen (secondary N) is 1. The van der Waals surface area contributed by atoms with Gasteiger partial charge in [-0.1, -0.05) is 0 Å². The van der Waals surface area contributed by atoms with Crippen LogP contribution in [0.3, 0.4) is 0 Å². The van der Waals surface area contributed by atoms with Gasteiger partial charge >= 0.3 is 0 Å². The largest absolute Gasteiger partial charge is 0.314 e. The Bertz CT molecular complexity index is 93.7. The van der Waals surface area contributed by atoms with E-state index in [1.165, 1.54) is 0 Å². The molecule has 1 aliphatic heterocycles. The Labute approximate surface area is 67.6 Å². The van der Waals surface area contributed by atoms with Gasteiger partial charge in [-0.25, -0.2) is 5.90 Å². The molecule has 1 rings (SSSR count). The first-order valence-electron chi connectivity index (χ1n) is 4.18. The second kappa shape index (κ2) is 5.49. The number of nitrogens with zero attached hydrogens (tertiary/aromatic N) is 1. The van der Waals surface area contributed by atoms with Crippen LogP contribution in [0.4, 0.5) is 0 Å². The highest BCUT2D eigenvalue weighted by Crippen LogP contribution is 1.93. The van der Waals surface area contributed by atoms with E-state index < -0.39 is 0 Å². The molecule has 0 aromatic carbocycles. The molecule has 0 bridgehead atoms. The van der Waals surface area contributed by atoms with E-state index >= 15 is 0 Å². The minimum Gasteiger partial charge on any atom is -0.314 e. The maximum atomic E-state index is 4.91. The Kier molecular flexibility index (Phi) is 4.45. The lowest BCUT2D eigenvalue weighted by molar-refractivity contribution is 0.120. The van der Waals surface area contributed by atoms with Crippen LogP contribution in [0, 0.1) is 0 Å². The van der Waals surface area contributed by atoms with Crippen molar-refractivity contribution in [3.8, 4) is 0 Å². The maximum Gasteiger partial charge on any atom is 0.0691 e. The predicted octanol–water partition coefficient (Wildman–Crippen LogP) is -0.828. The van der Waals surface area contributed by atoms with Crippen molar-refractivity contribution in [3.63, 3.8) is 0 Å². The van der Waals surface area contributed by atoms with E-state index in [0.29, 0.717) is 6.61 Å². The van der Waals surface area contributed by atoms with Gasteiger partial charge in [-0.2, -0.15) is 0 Å². The number of hydrogen-bond donors (Lipinski definition) is 2. The smallest absolute Gasteiger partial charge is 0.0691 e. The van der Waals surface area contributed by atoms with Gasteiger partial charge in [0, 0.05) is 32.7 Å². The number of rotatable bonds is 4. The minimum absolute atomic E-state index is 0.671. The van der Waals surface area contributed by atoms with Crippen molar-refractivity contribution in [2.75, 3.05) is 39.3 Å². The van der Waals surface area contributed by atoms with Crippen LogP contribution >= 0.6 is 0 Å². The summed E-state index contributed by atoms with van der Waals surface area (Å²) in [6, 6.07) is 0. The highest BCUT2D eigenvalue weighted by molar-refractivity contribution is 4.66. The van der Waals surface area contributed by atoms with E-state index in [9.17, 15) is 0 Å². The molecule has 11 heavy (non-hydrogen) atoms. The van der Waals surface area contributed by atoms with Crippen molar-refractivity contribution in [2.45, 2.75) is 6.42 Å². The van der Waals surface area contributed by atoms with Gasteiger partial charge in [0.1, 0.15) is 0 Å². The molecule has 0 spiro atoms. The summed E-state index contributed by atoms with van der Waals surface area (Å²) in [5.74, 6) is 4.91. The van der Waals surface area contributed by atoms with Crippen molar-refractivity contribution in [1.82, 2.24) is 10.2 Å². The minimum atomic E-state index is 0.671. The standard InChI is InChI=1S/C7H17N3O/c8-11-7-1-4-10-5-2-9-3-6-10/h9H,1-8H2. The molecule has 0 radical (unpaired) electrons. The molecule has 0 aromatic rings. The second-order valence-electron chi connectivity index (χ2n) is 2.82. The fraction of sp³-hybridized carbons (Fsp3) is 1.00. The Hall–Kier alpha value is -0.160. The van der Waals surface area contributed by atoms with E-state index in [2.05, 4.69) is 15.1 Å². The third-order valence-electron chi connectivity index (χ3n) is 1.95. The summed E-state index contributed by atoms with van der Waals surface area (Å²) in [6.07, 6.45) is 1.04. The second-order valence-corrected chi connectivity index (χ2v) is 2.82. The third kappa shape index (κ3) is 3.67. The van der Waals surface area contributed by atoms with Gasteiger partial charge < -0.3 is 15.1 Å². The molecule has 0 atom stereocenters. The van der Waals surface area contributed by atoms with Crippen LogP contribution in [0.25, 0.3) is 0 Å². The monoisotopic (exact) mass is 159 g/mol. The van der Waals surface area contributed by atoms with E-state index in [1.54, 1.807) is 0 Å². The molecule has 66 valence electrons. The van der Waals surface area contributed by atoms with Gasteiger partial charge in [-0.05, 0) is 6.42 Å². The Morgan fingerprint density at radius 3 is 2.73 bits per heavy atom. The Morgan fingerprint density at radius 1 is 1.36 bits per heavy atom. The summed E-state index contributed by atoms with van der Waals surface area (Å²) in [5, 5.41) is 3.31. The van der Waals surface area contributed by atoms with Crippen LogP contribution in [0.5, 0.6) is 0 Å².